The van der Waals surface area contributed by atoms with Gasteiger partial charge in [-0.25, -0.2) is 0 Å². The zero-order valence-electron chi connectivity index (χ0n) is 11.1. The Balaban J connectivity index is 2.17. The first-order valence-electron chi connectivity index (χ1n) is 6.67. The molecule has 18 heavy (non-hydrogen) atoms. The number of carbonyl (C=O) groups is 1. The zero-order chi connectivity index (χ0) is 13.1. The van der Waals surface area contributed by atoms with Crippen molar-refractivity contribution in [2.75, 3.05) is 6.54 Å². The minimum atomic E-state index is -0.706. The fraction of sp³-hybridized carbons (Fsp3) is 0.643. The van der Waals surface area contributed by atoms with Crippen molar-refractivity contribution in [3.8, 4) is 0 Å². The van der Waals surface area contributed by atoms with Crippen LogP contribution >= 0.6 is 11.3 Å². The van der Waals surface area contributed by atoms with Crippen LogP contribution in [0.25, 0.3) is 0 Å². The number of thiophene rings is 1. The molecule has 0 amide bonds. The molecule has 2 atom stereocenters. The van der Waals surface area contributed by atoms with E-state index in [9.17, 15) is 4.79 Å². The summed E-state index contributed by atoms with van der Waals surface area (Å²) in [6, 6.07) is 2.74. The lowest BCUT2D eigenvalue weighted by molar-refractivity contribution is -0.138. The SMILES string of the molecule is CCN(C(C)CC(=O)O)C1CCCc2sccc21. The van der Waals surface area contributed by atoms with E-state index in [1.54, 1.807) is 0 Å². The van der Waals surface area contributed by atoms with E-state index < -0.39 is 5.97 Å². The number of nitrogens with zero attached hydrogens (tertiary/aromatic N) is 1. The highest BCUT2D eigenvalue weighted by Gasteiger charge is 2.29. The molecule has 1 aromatic heterocycles. The fourth-order valence-corrected chi connectivity index (χ4v) is 4.00. The van der Waals surface area contributed by atoms with Crippen LogP contribution < -0.4 is 0 Å². The van der Waals surface area contributed by atoms with E-state index in [4.69, 9.17) is 5.11 Å². The van der Waals surface area contributed by atoms with E-state index in [1.165, 1.54) is 23.3 Å². The Morgan fingerprint density at radius 3 is 3.11 bits per heavy atom. The molecule has 4 heteroatoms. The van der Waals surface area contributed by atoms with Crippen molar-refractivity contribution in [3.63, 3.8) is 0 Å². The van der Waals surface area contributed by atoms with Crippen LogP contribution in [-0.2, 0) is 11.2 Å². The monoisotopic (exact) mass is 267 g/mol. The van der Waals surface area contributed by atoms with Gasteiger partial charge in [0.05, 0.1) is 6.42 Å². The summed E-state index contributed by atoms with van der Waals surface area (Å²) in [6.45, 7) is 5.06. The topological polar surface area (TPSA) is 40.5 Å². The number of aryl methyl sites for hydroxylation is 1. The molecule has 1 aliphatic carbocycles. The Bertz CT molecular complexity index is 416. The van der Waals surface area contributed by atoms with Gasteiger partial charge in [0.25, 0.3) is 0 Å². The second-order valence-electron chi connectivity index (χ2n) is 4.98. The molecular formula is C14H21NO2S. The van der Waals surface area contributed by atoms with Crippen LogP contribution in [0.15, 0.2) is 11.4 Å². The number of hydrogen-bond acceptors (Lipinski definition) is 3. The second-order valence-corrected chi connectivity index (χ2v) is 5.99. The Morgan fingerprint density at radius 2 is 2.44 bits per heavy atom. The van der Waals surface area contributed by atoms with E-state index in [1.807, 2.05) is 18.3 Å². The first-order valence-corrected chi connectivity index (χ1v) is 7.55. The van der Waals surface area contributed by atoms with E-state index >= 15 is 0 Å². The van der Waals surface area contributed by atoms with Gasteiger partial charge in [-0.2, -0.15) is 0 Å². The highest BCUT2D eigenvalue weighted by molar-refractivity contribution is 7.10. The van der Waals surface area contributed by atoms with E-state index in [0.717, 1.165) is 13.0 Å². The highest BCUT2D eigenvalue weighted by Crippen LogP contribution is 2.38. The first-order chi connectivity index (χ1) is 8.63. The Morgan fingerprint density at radius 1 is 1.67 bits per heavy atom. The standard InChI is InChI=1S/C14H21NO2S/c1-3-15(10(2)9-14(16)17)12-5-4-6-13-11(12)7-8-18-13/h7-8,10,12H,3-6,9H2,1-2H3,(H,16,17). The Hall–Kier alpha value is -0.870. The predicted molar refractivity (Wildman–Crippen MR) is 74.1 cm³/mol. The highest BCUT2D eigenvalue weighted by atomic mass is 32.1. The normalized spacial score (nSPS) is 20.7. The number of rotatable bonds is 5. The van der Waals surface area contributed by atoms with Crippen LogP contribution in [0.4, 0.5) is 0 Å². The van der Waals surface area contributed by atoms with Crippen LogP contribution in [-0.4, -0.2) is 28.6 Å². The van der Waals surface area contributed by atoms with Crippen molar-refractivity contribution < 1.29 is 9.90 Å². The largest absolute Gasteiger partial charge is 0.481 e. The molecule has 0 radical (unpaired) electrons. The van der Waals surface area contributed by atoms with Gasteiger partial charge in [-0.3, -0.25) is 9.69 Å². The molecule has 0 saturated carbocycles. The summed E-state index contributed by atoms with van der Waals surface area (Å²) >= 11 is 1.84. The first kappa shape index (κ1) is 13.6. The third-order valence-corrected chi connectivity index (χ3v) is 4.82. The maximum atomic E-state index is 10.9. The molecule has 2 rings (SSSR count). The van der Waals surface area contributed by atoms with Gasteiger partial charge in [0, 0.05) is 17.0 Å². The lowest BCUT2D eigenvalue weighted by Crippen LogP contribution is -2.39. The smallest absolute Gasteiger partial charge is 0.304 e. The second kappa shape index (κ2) is 5.85. The number of carboxylic acids is 1. The van der Waals surface area contributed by atoms with Gasteiger partial charge in [-0.1, -0.05) is 6.92 Å². The van der Waals surface area contributed by atoms with Gasteiger partial charge < -0.3 is 5.11 Å². The van der Waals surface area contributed by atoms with Crippen molar-refractivity contribution >= 4 is 17.3 Å². The summed E-state index contributed by atoms with van der Waals surface area (Å²) < 4.78 is 0. The van der Waals surface area contributed by atoms with Crippen LogP contribution in [0.5, 0.6) is 0 Å². The minimum absolute atomic E-state index is 0.100. The molecule has 0 aromatic carbocycles. The van der Waals surface area contributed by atoms with Crippen molar-refractivity contribution in [1.82, 2.24) is 4.90 Å². The molecule has 1 aromatic rings. The maximum Gasteiger partial charge on any atom is 0.304 e. The number of aliphatic carboxylic acids is 1. The average molecular weight is 267 g/mol. The Labute approximate surface area is 112 Å². The fourth-order valence-electron chi connectivity index (χ4n) is 3.02. The molecular weight excluding hydrogens is 246 g/mol. The van der Waals surface area contributed by atoms with Crippen molar-refractivity contribution in [3.05, 3.63) is 21.9 Å². The maximum absolute atomic E-state index is 10.9. The summed E-state index contributed by atoms with van der Waals surface area (Å²) in [7, 11) is 0. The number of fused-ring (bicyclic) bond motifs is 1. The van der Waals surface area contributed by atoms with Gasteiger partial charge in [-0.05, 0) is 49.7 Å². The summed E-state index contributed by atoms with van der Waals surface area (Å²) in [5, 5.41) is 11.1. The third kappa shape index (κ3) is 2.75. The average Bonchev–Trinajstić information content (AvgIpc) is 2.77. The van der Waals surface area contributed by atoms with Gasteiger partial charge in [-0.15, -0.1) is 11.3 Å². The van der Waals surface area contributed by atoms with E-state index in [0.29, 0.717) is 6.04 Å². The number of hydrogen-bond donors (Lipinski definition) is 1. The molecule has 1 N–H and O–H groups in total. The summed E-state index contributed by atoms with van der Waals surface area (Å²) in [5.74, 6) is -0.706. The summed E-state index contributed by atoms with van der Waals surface area (Å²) in [6.07, 6.45) is 3.79. The van der Waals surface area contributed by atoms with Crippen molar-refractivity contribution in [2.24, 2.45) is 0 Å². The molecule has 0 spiro atoms. The quantitative estimate of drug-likeness (QED) is 0.889. The number of carboxylic acid groups (broad SMARTS) is 1. The molecule has 0 aliphatic heterocycles. The summed E-state index contributed by atoms with van der Waals surface area (Å²) in [4.78, 5) is 14.7. The molecule has 3 nitrogen and oxygen atoms in total. The molecule has 0 bridgehead atoms. The molecule has 100 valence electrons. The van der Waals surface area contributed by atoms with E-state index in [-0.39, 0.29) is 12.5 Å². The molecule has 1 heterocycles. The Kier molecular flexibility index (Phi) is 4.40. The minimum Gasteiger partial charge on any atom is -0.481 e. The van der Waals surface area contributed by atoms with Crippen molar-refractivity contribution in [1.29, 1.82) is 0 Å². The van der Waals surface area contributed by atoms with Crippen LogP contribution in [0.1, 0.15) is 49.6 Å². The molecule has 1 aliphatic rings. The molecule has 0 fully saturated rings. The third-order valence-electron chi connectivity index (χ3n) is 3.82. The van der Waals surface area contributed by atoms with E-state index in [2.05, 4.69) is 23.3 Å². The molecule has 2 unspecified atom stereocenters. The predicted octanol–water partition coefficient (Wildman–Crippen LogP) is 3.31. The van der Waals surface area contributed by atoms with Crippen molar-refractivity contribution in [2.45, 2.75) is 51.6 Å². The van der Waals surface area contributed by atoms with Crippen LogP contribution in [0, 0.1) is 0 Å². The van der Waals surface area contributed by atoms with Gasteiger partial charge in [0.15, 0.2) is 0 Å². The summed E-state index contributed by atoms with van der Waals surface area (Å²) in [5.41, 5.74) is 1.44. The lowest BCUT2D eigenvalue weighted by Gasteiger charge is -2.37. The van der Waals surface area contributed by atoms with Crippen LogP contribution in [0.3, 0.4) is 0 Å². The van der Waals surface area contributed by atoms with Gasteiger partial charge in [0.2, 0.25) is 0 Å². The van der Waals surface area contributed by atoms with Gasteiger partial charge >= 0.3 is 5.97 Å². The van der Waals surface area contributed by atoms with Crippen LogP contribution in [0.2, 0.25) is 0 Å². The molecule has 0 saturated heterocycles. The zero-order valence-corrected chi connectivity index (χ0v) is 11.9. The lowest BCUT2D eigenvalue weighted by atomic mass is 9.91. The van der Waals surface area contributed by atoms with Gasteiger partial charge in [0.1, 0.15) is 0 Å².